The summed E-state index contributed by atoms with van der Waals surface area (Å²) in [6.45, 7) is 6.53. The Balaban J connectivity index is 1.98. The summed E-state index contributed by atoms with van der Waals surface area (Å²) in [5, 5.41) is 12.2. The van der Waals surface area contributed by atoms with Crippen LogP contribution in [0, 0.1) is 0 Å². The van der Waals surface area contributed by atoms with Crippen molar-refractivity contribution in [1.29, 1.82) is 0 Å². The summed E-state index contributed by atoms with van der Waals surface area (Å²) >= 11 is 1.59. The van der Waals surface area contributed by atoms with Crippen molar-refractivity contribution in [3.63, 3.8) is 0 Å². The zero-order chi connectivity index (χ0) is 14.8. The highest BCUT2D eigenvalue weighted by Gasteiger charge is 2.13. The number of nitrogens with zero attached hydrogens (tertiary/aromatic N) is 1. The van der Waals surface area contributed by atoms with Gasteiger partial charge in [0.2, 0.25) is 0 Å². The summed E-state index contributed by atoms with van der Waals surface area (Å²) in [4.78, 5) is 11.8. The highest BCUT2D eigenvalue weighted by atomic mass is 32.2. The molecule has 0 radical (unpaired) electrons. The molecule has 2 aromatic rings. The van der Waals surface area contributed by atoms with E-state index in [0.29, 0.717) is 11.5 Å². The second-order valence-corrected chi connectivity index (χ2v) is 6.60. The summed E-state index contributed by atoms with van der Waals surface area (Å²) in [5.41, 5.74) is 1.38. The van der Waals surface area contributed by atoms with E-state index in [2.05, 4.69) is 50.2 Å². The summed E-state index contributed by atoms with van der Waals surface area (Å²) in [6, 6.07) is 9.83. The minimum Gasteiger partial charge on any atom is -0.476 e. The molecule has 0 spiro atoms. The lowest BCUT2D eigenvalue weighted by molar-refractivity contribution is 0.0685. The van der Waals surface area contributed by atoms with Gasteiger partial charge < -0.3 is 9.63 Å². The zero-order valence-electron chi connectivity index (χ0n) is 11.7. The van der Waals surface area contributed by atoms with Gasteiger partial charge in [0, 0.05) is 11.0 Å². The van der Waals surface area contributed by atoms with Gasteiger partial charge in [-0.25, -0.2) is 4.79 Å². The van der Waals surface area contributed by atoms with E-state index in [1.54, 1.807) is 11.8 Å². The minimum atomic E-state index is -1.07. The fraction of sp³-hybridized carbons (Fsp3) is 0.333. The smallest absolute Gasteiger partial charge is 0.358 e. The van der Waals surface area contributed by atoms with E-state index in [4.69, 9.17) is 9.63 Å². The van der Waals surface area contributed by atoms with Crippen LogP contribution in [0.25, 0.3) is 0 Å². The molecule has 20 heavy (non-hydrogen) atoms. The van der Waals surface area contributed by atoms with Gasteiger partial charge in [0.1, 0.15) is 5.76 Å². The molecule has 0 atom stereocenters. The number of thioether (sulfide) groups is 1. The average Bonchev–Trinajstić information content (AvgIpc) is 2.85. The van der Waals surface area contributed by atoms with E-state index in [9.17, 15) is 4.79 Å². The Hall–Kier alpha value is -1.75. The van der Waals surface area contributed by atoms with Crippen LogP contribution in [0.1, 0.15) is 42.6 Å². The van der Waals surface area contributed by atoms with Crippen LogP contribution in [0.4, 0.5) is 0 Å². The maximum atomic E-state index is 10.7. The third kappa shape index (κ3) is 3.63. The molecule has 0 fully saturated rings. The highest BCUT2D eigenvalue weighted by molar-refractivity contribution is 7.98. The van der Waals surface area contributed by atoms with Crippen LogP contribution < -0.4 is 0 Å². The number of carboxylic acid groups (broad SMARTS) is 1. The summed E-state index contributed by atoms with van der Waals surface area (Å²) in [6.07, 6.45) is 0. The van der Waals surface area contributed by atoms with Crippen molar-refractivity contribution in [2.24, 2.45) is 0 Å². The molecule has 0 amide bonds. The molecule has 2 rings (SSSR count). The second-order valence-electron chi connectivity index (χ2n) is 5.55. The number of rotatable bonds is 4. The number of hydrogen-bond acceptors (Lipinski definition) is 4. The molecule has 1 aromatic carbocycles. The molecule has 0 saturated heterocycles. The van der Waals surface area contributed by atoms with E-state index in [1.807, 2.05) is 0 Å². The van der Waals surface area contributed by atoms with E-state index < -0.39 is 5.97 Å². The van der Waals surface area contributed by atoms with Crippen LogP contribution in [0.2, 0.25) is 0 Å². The number of aromatic carboxylic acids is 1. The number of aromatic nitrogens is 1. The Morgan fingerprint density at radius 3 is 2.45 bits per heavy atom. The van der Waals surface area contributed by atoms with Crippen molar-refractivity contribution in [3.05, 3.63) is 47.3 Å². The molecule has 1 aromatic heterocycles. The van der Waals surface area contributed by atoms with Gasteiger partial charge in [-0.05, 0) is 23.1 Å². The average molecular weight is 291 g/mol. The molecule has 0 saturated carbocycles. The highest BCUT2D eigenvalue weighted by Crippen LogP contribution is 2.27. The van der Waals surface area contributed by atoms with Crippen molar-refractivity contribution in [1.82, 2.24) is 5.16 Å². The first-order chi connectivity index (χ1) is 9.36. The van der Waals surface area contributed by atoms with Crippen LogP contribution in [0.15, 0.2) is 39.8 Å². The maximum Gasteiger partial charge on any atom is 0.358 e. The second kappa shape index (κ2) is 5.71. The predicted octanol–water partition coefficient (Wildman–Crippen LogP) is 3.96. The summed E-state index contributed by atoms with van der Waals surface area (Å²) < 4.78 is 4.97. The van der Waals surface area contributed by atoms with Crippen LogP contribution in [0.3, 0.4) is 0 Å². The van der Waals surface area contributed by atoms with Gasteiger partial charge in [0.05, 0.1) is 5.75 Å². The lowest BCUT2D eigenvalue weighted by Gasteiger charge is -2.18. The first-order valence-electron chi connectivity index (χ1n) is 6.28. The largest absolute Gasteiger partial charge is 0.476 e. The first-order valence-corrected chi connectivity index (χ1v) is 7.27. The molecule has 0 aliphatic carbocycles. The number of hydrogen-bond donors (Lipinski definition) is 1. The van der Waals surface area contributed by atoms with E-state index in [1.165, 1.54) is 11.6 Å². The van der Waals surface area contributed by atoms with Gasteiger partial charge in [-0.2, -0.15) is 0 Å². The van der Waals surface area contributed by atoms with Crippen LogP contribution in [-0.4, -0.2) is 16.2 Å². The summed E-state index contributed by atoms with van der Waals surface area (Å²) in [5.74, 6) is 0.0571. The molecular weight excluding hydrogens is 274 g/mol. The van der Waals surface area contributed by atoms with Crippen LogP contribution in [-0.2, 0) is 11.2 Å². The van der Waals surface area contributed by atoms with Crippen LogP contribution >= 0.6 is 11.8 Å². The fourth-order valence-electron chi connectivity index (χ4n) is 1.69. The molecule has 1 N–H and O–H groups in total. The van der Waals surface area contributed by atoms with Gasteiger partial charge in [0.25, 0.3) is 0 Å². The van der Waals surface area contributed by atoms with E-state index in [0.717, 1.165) is 4.90 Å². The Morgan fingerprint density at radius 1 is 1.30 bits per heavy atom. The SMILES string of the molecule is CC(C)(C)c1ccc(SCc2cc(C(=O)O)no2)cc1. The Bertz CT molecular complexity index is 596. The lowest BCUT2D eigenvalue weighted by atomic mass is 9.87. The van der Waals surface area contributed by atoms with Crippen LogP contribution in [0.5, 0.6) is 0 Å². The van der Waals surface area contributed by atoms with Crippen molar-refractivity contribution >= 4 is 17.7 Å². The minimum absolute atomic E-state index is 0.0521. The first kappa shape index (κ1) is 14.7. The Labute approximate surface area is 122 Å². The monoisotopic (exact) mass is 291 g/mol. The fourth-order valence-corrected chi connectivity index (χ4v) is 2.46. The van der Waals surface area contributed by atoms with Gasteiger partial charge in [-0.3, -0.25) is 0 Å². The molecule has 0 aliphatic rings. The van der Waals surface area contributed by atoms with Crippen molar-refractivity contribution in [3.8, 4) is 0 Å². The number of carbonyl (C=O) groups is 1. The lowest BCUT2D eigenvalue weighted by Crippen LogP contribution is -2.10. The standard InChI is InChI=1S/C15H17NO3S/c1-15(2,3)10-4-6-12(7-5-10)20-9-11-8-13(14(17)18)16-19-11/h4-8H,9H2,1-3H3,(H,17,18). The zero-order valence-corrected chi connectivity index (χ0v) is 12.5. The van der Waals surface area contributed by atoms with Crippen molar-refractivity contribution in [2.75, 3.05) is 0 Å². The molecule has 5 heteroatoms. The van der Waals surface area contributed by atoms with E-state index in [-0.39, 0.29) is 11.1 Å². The van der Waals surface area contributed by atoms with Gasteiger partial charge in [-0.1, -0.05) is 38.1 Å². The third-order valence-electron chi connectivity index (χ3n) is 2.88. The number of carboxylic acids is 1. The Kier molecular flexibility index (Phi) is 4.18. The summed E-state index contributed by atoms with van der Waals surface area (Å²) in [7, 11) is 0. The molecule has 0 bridgehead atoms. The quantitative estimate of drug-likeness (QED) is 0.864. The maximum absolute atomic E-state index is 10.7. The van der Waals surface area contributed by atoms with Crippen molar-refractivity contribution < 1.29 is 14.4 Å². The molecule has 1 heterocycles. The van der Waals surface area contributed by atoms with Gasteiger partial charge >= 0.3 is 5.97 Å². The van der Waals surface area contributed by atoms with E-state index >= 15 is 0 Å². The van der Waals surface area contributed by atoms with Gasteiger partial charge in [-0.15, -0.1) is 11.8 Å². The van der Waals surface area contributed by atoms with Gasteiger partial charge in [0.15, 0.2) is 5.69 Å². The normalized spacial score (nSPS) is 11.6. The molecule has 0 unspecified atom stereocenters. The molecule has 0 aliphatic heterocycles. The van der Waals surface area contributed by atoms with Crippen molar-refractivity contribution in [2.45, 2.75) is 36.8 Å². The molecule has 106 valence electrons. The third-order valence-corrected chi connectivity index (χ3v) is 3.91. The number of benzene rings is 1. The predicted molar refractivity (Wildman–Crippen MR) is 78.2 cm³/mol. The molecular formula is C15H17NO3S. The topological polar surface area (TPSA) is 63.3 Å². The Morgan fingerprint density at radius 2 is 1.95 bits per heavy atom. The molecule has 4 nitrogen and oxygen atoms in total.